The van der Waals surface area contributed by atoms with Gasteiger partial charge in [0.1, 0.15) is 0 Å². The van der Waals surface area contributed by atoms with Crippen LogP contribution in [0.25, 0.3) is 0 Å². The van der Waals surface area contributed by atoms with Gasteiger partial charge in [-0.3, -0.25) is 4.79 Å². The second kappa shape index (κ2) is 7.14. The van der Waals surface area contributed by atoms with Crippen molar-refractivity contribution in [3.8, 4) is 0 Å². The summed E-state index contributed by atoms with van der Waals surface area (Å²) in [7, 11) is 0. The molecular formula is C18H26N2O2. The van der Waals surface area contributed by atoms with E-state index >= 15 is 0 Å². The topological polar surface area (TPSA) is 41.6 Å². The van der Waals surface area contributed by atoms with Crippen molar-refractivity contribution in [3.05, 3.63) is 29.8 Å². The molecule has 1 aromatic rings. The van der Waals surface area contributed by atoms with Gasteiger partial charge in [-0.05, 0) is 44.2 Å². The van der Waals surface area contributed by atoms with Crippen LogP contribution in [0.2, 0.25) is 0 Å². The first-order chi connectivity index (χ1) is 10.8. The Morgan fingerprint density at radius 2 is 2.05 bits per heavy atom. The molecule has 0 aliphatic carbocycles. The lowest BCUT2D eigenvalue weighted by Gasteiger charge is -2.30. The first kappa shape index (κ1) is 15.3. The third-order valence-corrected chi connectivity index (χ3v) is 4.85. The number of ether oxygens (including phenoxy) is 1. The van der Waals surface area contributed by atoms with Crippen LogP contribution in [0.5, 0.6) is 0 Å². The summed E-state index contributed by atoms with van der Waals surface area (Å²) in [5.74, 6) is 0.126. The van der Waals surface area contributed by atoms with Crippen LogP contribution in [0.1, 0.15) is 38.2 Å². The zero-order valence-electron chi connectivity index (χ0n) is 13.4. The van der Waals surface area contributed by atoms with Gasteiger partial charge >= 0.3 is 0 Å². The van der Waals surface area contributed by atoms with Gasteiger partial charge in [0, 0.05) is 31.9 Å². The highest BCUT2D eigenvalue weighted by molar-refractivity contribution is 5.79. The number of hydrogen-bond acceptors (Lipinski definition) is 3. The average molecular weight is 302 g/mol. The molecule has 3 rings (SSSR count). The van der Waals surface area contributed by atoms with E-state index in [1.165, 1.54) is 30.5 Å². The molecule has 120 valence electrons. The SMILES string of the molecule is C[C@@H]1OCC[C@H]1C(=O)NCc1ccccc1N1CCCCC1. The lowest BCUT2D eigenvalue weighted by atomic mass is 10.0. The molecule has 2 atom stereocenters. The van der Waals surface area contributed by atoms with Crippen LogP contribution in [-0.2, 0) is 16.1 Å². The highest BCUT2D eigenvalue weighted by Gasteiger charge is 2.30. The van der Waals surface area contributed by atoms with E-state index < -0.39 is 0 Å². The molecule has 0 spiro atoms. The van der Waals surface area contributed by atoms with Gasteiger partial charge in [0.2, 0.25) is 5.91 Å². The number of nitrogens with one attached hydrogen (secondary N) is 1. The van der Waals surface area contributed by atoms with Gasteiger partial charge in [-0.25, -0.2) is 0 Å². The summed E-state index contributed by atoms with van der Waals surface area (Å²) >= 11 is 0. The minimum absolute atomic E-state index is 0.00199. The summed E-state index contributed by atoms with van der Waals surface area (Å²) in [6.07, 6.45) is 4.72. The third-order valence-electron chi connectivity index (χ3n) is 4.85. The molecule has 4 nitrogen and oxygen atoms in total. The first-order valence-electron chi connectivity index (χ1n) is 8.48. The highest BCUT2D eigenvalue weighted by Crippen LogP contribution is 2.25. The number of carbonyl (C=O) groups is 1. The van der Waals surface area contributed by atoms with E-state index in [1.54, 1.807) is 0 Å². The quantitative estimate of drug-likeness (QED) is 0.930. The zero-order chi connectivity index (χ0) is 15.4. The second-order valence-corrected chi connectivity index (χ2v) is 6.37. The molecule has 0 unspecified atom stereocenters. The Morgan fingerprint density at radius 1 is 1.27 bits per heavy atom. The predicted octanol–water partition coefficient (Wildman–Crippen LogP) is 2.72. The second-order valence-electron chi connectivity index (χ2n) is 6.37. The van der Waals surface area contributed by atoms with Crippen LogP contribution >= 0.6 is 0 Å². The number of amides is 1. The van der Waals surface area contributed by atoms with Crippen molar-refractivity contribution < 1.29 is 9.53 Å². The first-order valence-corrected chi connectivity index (χ1v) is 8.48. The molecule has 0 saturated carbocycles. The van der Waals surface area contributed by atoms with Crippen molar-refractivity contribution in [3.63, 3.8) is 0 Å². The highest BCUT2D eigenvalue weighted by atomic mass is 16.5. The molecule has 2 saturated heterocycles. The van der Waals surface area contributed by atoms with Crippen molar-refractivity contribution in [1.82, 2.24) is 5.32 Å². The summed E-state index contributed by atoms with van der Waals surface area (Å²) in [6, 6.07) is 8.44. The van der Waals surface area contributed by atoms with Crippen LogP contribution in [0.4, 0.5) is 5.69 Å². The van der Waals surface area contributed by atoms with Crippen LogP contribution in [-0.4, -0.2) is 31.7 Å². The number of anilines is 1. The van der Waals surface area contributed by atoms with Gasteiger partial charge in [0.25, 0.3) is 0 Å². The number of benzene rings is 1. The normalized spacial score (nSPS) is 25.2. The van der Waals surface area contributed by atoms with Crippen molar-refractivity contribution in [2.24, 2.45) is 5.92 Å². The lowest BCUT2D eigenvalue weighted by Crippen LogP contribution is -2.35. The molecule has 0 bridgehead atoms. The number of para-hydroxylation sites is 1. The van der Waals surface area contributed by atoms with E-state index in [4.69, 9.17) is 4.74 Å². The van der Waals surface area contributed by atoms with Crippen molar-refractivity contribution in [2.45, 2.75) is 45.3 Å². The largest absolute Gasteiger partial charge is 0.378 e. The molecule has 1 amide bonds. The lowest BCUT2D eigenvalue weighted by molar-refractivity contribution is -0.126. The van der Waals surface area contributed by atoms with E-state index in [-0.39, 0.29) is 17.9 Å². The van der Waals surface area contributed by atoms with Crippen LogP contribution in [0.3, 0.4) is 0 Å². The van der Waals surface area contributed by atoms with Crippen molar-refractivity contribution >= 4 is 11.6 Å². The summed E-state index contributed by atoms with van der Waals surface area (Å²) < 4.78 is 5.49. The molecule has 4 heteroatoms. The van der Waals surface area contributed by atoms with Crippen LogP contribution in [0, 0.1) is 5.92 Å². The minimum Gasteiger partial charge on any atom is -0.378 e. The summed E-state index contributed by atoms with van der Waals surface area (Å²) in [5, 5.41) is 3.11. The molecule has 22 heavy (non-hydrogen) atoms. The van der Waals surface area contributed by atoms with E-state index in [2.05, 4.69) is 34.5 Å². The number of nitrogens with zero attached hydrogens (tertiary/aromatic N) is 1. The van der Waals surface area contributed by atoms with Gasteiger partial charge in [-0.1, -0.05) is 18.2 Å². The van der Waals surface area contributed by atoms with E-state index in [1.807, 2.05) is 6.92 Å². The van der Waals surface area contributed by atoms with Gasteiger partial charge in [-0.2, -0.15) is 0 Å². The molecule has 1 N–H and O–H groups in total. The van der Waals surface area contributed by atoms with Gasteiger partial charge in [0.05, 0.1) is 12.0 Å². The van der Waals surface area contributed by atoms with E-state index in [9.17, 15) is 4.79 Å². The Kier molecular flexibility index (Phi) is 4.98. The maximum Gasteiger partial charge on any atom is 0.226 e. The van der Waals surface area contributed by atoms with Crippen molar-refractivity contribution in [2.75, 3.05) is 24.6 Å². The van der Waals surface area contributed by atoms with Crippen LogP contribution < -0.4 is 10.2 Å². The molecule has 2 aliphatic rings. The van der Waals surface area contributed by atoms with Gasteiger partial charge < -0.3 is 15.0 Å². The number of carbonyl (C=O) groups excluding carboxylic acids is 1. The van der Waals surface area contributed by atoms with Gasteiger partial charge in [0.15, 0.2) is 0 Å². The maximum absolute atomic E-state index is 12.3. The Balaban J connectivity index is 1.63. The molecule has 0 aromatic heterocycles. The minimum atomic E-state index is 0.00199. The number of hydrogen-bond donors (Lipinski definition) is 1. The maximum atomic E-state index is 12.3. The van der Waals surface area contributed by atoms with E-state index in [0.29, 0.717) is 13.2 Å². The Bertz CT molecular complexity index is 512. The Morgan fingerprint density at radius 3 is 2.77 bits per heavy atom. The molecule has 2 heterocycles. The smallest absolute Gasteiger partial charge is 0.226 e. The number of rotatable bonds is 4. The molecular weight excluding hydrogens is 276 g/mol. The average Bonchev–Trinajstić information content (AvgIpc) is 3.00. The molecule has 2 fully saturated rings. The molecule has 0 radical (unpaired) electrons. The standard InChI is InChI=1S/C18H26N2O2/c1-14-16(9-12-22-14)18(21)19-13-15-7-3-4-8-17(15)20-10-5-2-6-11-20/h3-4,7-8,14,16H,2,5-6,9-13H2,1H3,(H,19,21)/t14-,16+/m0/s1. The third kappa shape index (κ3) is 3.43. The predicted molar refractivity (Wildman–Crippen MR) is 87.9 cm³/mol. The van der Waals surface area contributed by atoms with Gasteiger partial charge in [-0.15, -0.1) is 0 Å². The van der Waals surface area contributed by atoms with Crippen molar-refractivity contribution in [1.29, 1.82) is 0 Å². The summed E-state index contributed by atoms with van der Waals surface area (Å²) in [4.78, 5) is 14.8. The Hall–Kier alpha value is -1.55. The Labute approximate surface area is 132 Å². The fraction of sp³-hybridized carbons (Fsp3) is 0.611. The zero-order valence-corrected chi connectivity index (χ0v) is 13.4. The summed E-state index contributed by atoms with van der Waals surface area (Å²) in [5.41, 5.74) is 2.49. The van der Waals surface area contributed by atoms with E-state index in [0.717, 1.165) is 19.5 Å². The number of piperidine rings is 1. The monoisotopic (exact) mass is 302 g/mol. The molecule has 1 aromatic carbocycles. The summed E-state index contributed by atoms with van der Waals surface area (Å²) in [6.45, 7) is 5.54. The van der Waals surface area contributed by atoms with Crippen LogP contribution in [0.15, 0.2) is 24.3 Å². The fourth-order valence-electron chi connectivity index (χ4n) is 3.49. The fourth-order valence-corrected chi connectivity index (χ4v) is 3.49. The molecule has 2 aliphatic heterocycles.